The zero-order valence-electron chi connectivity index (χ0n) is 16.7. The zero-order chi connectivity index (χ0) is 19.4. The molecule has 2 aromatic rings. The molecule has 0 saturated carbocycles. The molecule has 0 atom stereocenters. The van der Waals surface area contributed by atoms with E-state index in [9.17, 15) is 4.79 Å². The molecule has 0 bridgehead atoms. The van der Waals surface area contributed by atoms with Crippen molar-refractivity contribution >= 4 is 5.82 Å². The maximum absolute atomic E-state index is 12.4. The highest BCUT2D eigenvalue weighted by Crippen LogP contribution is 2.23. The predicted octanol–water partition coefficient (Wildman–Crippen LogP) is 2.39. The first kappa shape index (κ1) is 19.5. The molecule has 27 heavy (non-hydrogen) atoms. The van der Waals surface area contributed by atoms with Crippen LogP contribution in [0.25, 0.3) is 0 Å². The van der Waals surface area contributed by atoms with Gasteiger partial charge < -0.3 is 9.64 Å². The number of hydrogen-bond donors (Lipinski definition) is 0. The van der Waals surface area contributed by atoms with Crippen LogP contribution in [0.1, 0.15) is 45.1 Å². The molecule has 1 fully saturated rings. The summed E-state index contributed by atoms with van der Waals surface area (Å²) in [4.78, 5) is 28.0. The third kappa shape index (κ3) is 4.91. The normalized spacial score (nSPS) is 15.9. The Morgan fingerprint density at radius 1 is 1.22 bits per heavy atom. The molecule has 0 radical (unpaired) electrons. The molecule has 146 valence electrons. The van der Waals surface area contributed by atoms with E-state index >= 15 is 0 Å². The number of rotatable bonds is 5. The van der Waals surface area contributed by atoms with Crippen molar-refractivity contribution in [2.45, 2.75) is 52.2 Å². The summed E-state index contributed by atoms with van der Waals surface area (Å²) in [5, 5.41) is 0. The van der Waals surface area contributed by atoms with Gasteiger partial charge in [0.25, 0.3) is 5.56 Å². The van der Waals surface area contributed by atoms with E-state index in [-0.39, 0.29) is 11.0 Å². The monoisotopic (exact) mass is 371 g/mol. The second-order valence-corrected chi connectivity index (χ2v) is 8.21. The minimum absolute atomic E-state index is 0.0392. The fraction of sp³-hybridized carbons (Fsp3) is 0.600. The number of ether oxygens (including phenoxy) is 1. The van der Waals surface area contributed by atoms with E-state index in [1.807, 2.05) is 6.07 Å². The SMILES string of the molecule is COCc1nccc(N2CCC(Cn3cnc(C(C)(C)C)cc3=O)CC2)n1. The lowest BCUT2D eigenvalue weighted by Crippen LogP contribution is -2.37. The largest absolute Gasteiger partial charge is 0.377 e. The molecule has 0 spiro atoms. The van der Waals surface area contributed by atoms with Gasteiger partial charge in [0, 0.05) is 44.4 Å². The van der Waals surface area contributed by atoms with E-state index in [4.69, 9.17) is 4.74 Å². The molecule has 3 heterocycles. The molecule has 1 aliphatic rings. The van der Waals surface area contributed by atoms with Gasteiger partial charge in [-0.25, -0.2) is 15.0 Å². The molecule has 0 unspecified atom stereocenters. The van der Waals surface area contributed by atoms with Gasteiger partial charge in [-0.3, -0.25) is 9.36 Å². The van der Waals surface area contributed by atoms with Gasteiger partial charge in [-0.2, -0.15) is 0 Å². The lowest BCUT2D eigenvalue weighted by atomic mass is 9.92. The highest BCUT2D eigenvalue weighted by atomic mass is 16.5. The van der Waals surface area contributed by atoms with Crippen LogP contribution in [0.15, 0.2) is 29.5 Å². The van der Waals surface area contributed by atoms with Gasteiger partial charge in [-0.05, 0) is 24.8 Å². The van der Waals surface area contributed by atoms with Crippen molar-refractivity contribution in [3.63, 3.8) is 0 Å². The summed E-state index contributed by atoms with van der Waals surface area (Å²) in [6, 6.07) is 3.62. The van der Waals surface area contributed by atoms with Crippen molar-refractivity contribution in [3.8, 4) is 0 Å². The van der Waals surface area contributed by atoms with Gasteiger partial charge in [-0.1, -0.05) is 20.8 Å². The van der Waals surface area contributed by atoms with Gasteiger partial charge in [0.05, 0.1) is 12.0 Å². The van der Waals surface area contributed by atoms with Crippen molar-refractivity contribution in [2.75, 3.05) is 25.1 Å². The predicted molar refractivity (Wildman–Crippen MR) is 105 cm³/mol. The third-order valence-corrected chi connectivity index (χ3v) is 5.01. The van der Waals surface area contributed by atoms with Crippen molar-refractivity contribution < 1.29 is 4.74 Å². The zero-order valence-corrected chi connectivity index (χ0v) is 16.7. The Kier molecular flexibility index (Phi) is 5.89. The molecule has 0 N–H and O–H groups in total. The van der Waals surface area contributed by atoms with Crippen LogP contribution in [0.3, 0.4) is 0 Å². The van der Waals surface area contributed by atoms with Gasteiger partial charge >= 0.3 is 0 Å². The Balaban J connectivity index is 1.60. The molecule has 1 saturated heterocycles. The topological polar surface area (TPSA) is 73.1 Å². The maximum atomic E-state index is 12.4. The van der Waals surface area contributed by atoms with E-state index in [0.29, 0.717) is 18.3 Å². The molecule has 0 aliphatic carbocycles. The number of piperidine rings is 1. The number of nitrogens with zero attached hydrogens (tertiary/aromatic N) is 5. The fourth-order valence-corrected chi connectivity index (χ4v) is 3.36. The summed E-state index contributed by atoms with van der Waals surface area (Å²) in [5.74, 6) is 2.12. The Bertz CT molecular complexity index is 820. The van der Waals surface area contributed by atoms with Crippen LogP contribution < -0.4 is 10.5 Å². The number of anilines is 1. The molecular formula is C20H29N5O2. The maximum Gasteiger partial charge on any atom is 0.253 e. The van der Waals surface area contributed by atoms with E-state index in [0.717, 1.165) is 44.0 Å². The summed E-state index contributed by atoms with van der Waals surface area (Å²) in [5.41, 5.74) is 0.773. The minimum Gasteiger partial charge on any atom is -0.377 e. The quantitative estimate of drug-likeness (QED) is 0.804. The standard InChI is InChI=1S/C20H29N5O2/c1-20(2,3)16-11-19(26)25(14-22-16)12-15-6-9-24(10-7-15)18-5-8-21-17(23-18)13-27-4/h5,8,11,14-15H,6-7,9-10,12-13H2,1-4H3. The molecule has 0 amide bonds. The van der Waals surface area contributed by atoms with Crippen molar-refractivity contribution in [2.24, 2.45) is 5.92 Å². The molecule has 0 aromatic carbocycles. The second-order valence-electron chi connectivity index (χ2n) is 8.21. The van der Waals surface area contributed by atoms with Crippen molar-refractivity contribution in [3.05, 3.63) is 46.5 Å². The lowest BCUT2D eigenvalue weighted by Gasteiger charge is -2.33. The van der Waals surface area contributed by atoms with Crippen LogP contribution in [0.2, 0.25) is 0 Å². The first-order chi connectivity index (χ1) is 12.9. The molecular weight excluding hydrogens is 342 g/mol. The van der Waals surface area contributed by atoms with Gasteiger partial charge in [0.15, 0.2) is 5.82 Å². The summed E-state index contributed by atoms with van der Waals surface area (Å²) in [6.07, 6.45) is 5.54. The molecule has 7 nitrogen and oxygen atoms in total. The Labute approximate surface area is 160 Å². The Hall–Kier alpha value is -2.28. The summed E-state index contributed by atoms with van der Waals surface area (Å²) < 4.78 is 6.86. The molecule has 2 aromatic heterocycles. The van der Waals surface area contributed by atoms with E-state index in [1.54, 1.807) is 30.3 Å². The van der Waals surface area contributed by atoms with Crippen LogP contribution in [-0.4, -0.2) is 39.7 Å². The van der Waals surface area contributed by atoms with Crippen LogP contribution in [-0.2, 0) is 23.3 Å². The Morgan fingerprint density at radius 3 is 2.59 bits per heavy atom. The summed E-state index contributed by atoms with van der Waals surface area (Å²) in [7, 11) is 1.65. The Morgan fingerprint density at radius 2 is 1.96 bits per heavy atom. The summed E-state index contributed by atoms with van der Waals surface area (Å²) >= 11 is 0. The lowest BCUT2D eigenvalue weighted by molar-refractivity contribution is 0.177. The average molecular weight is 371 g/mol. The number of methoxy groups -OCH3 is 1. The average Bonchev–Trinajstić information content (AvgIpc) is 2.64. The van der Waals surface area contributed by atoms with E-state index in [2.05, 4.69) is 40.6 Å². The smallest absolute Gasteiger partial charge is 0.253 e. The van der Waals surface area contributed by atoms with E-state index < -0.39 is 0 Å². The molecule has 1 aliphatic heterocycles. The first-order valence-corrected chi connectivity index (χ1v) is 9.49. The van der Waals surface area contributed by atoms with Crippen LogP contribution in [0, 0.1) is 5.92 Å². The third-order valence-electron chi connectivity index (χ3n) is 5.01. The highest BCUT2D eigenvalue weighted by molar-refractivity contribution is 5.37. The minimum atomic E-state index is -0.108. The highest BCUT2D eigenvalue weighted by Gasteiger charge is 2.22. The molecule has 3 rings (SSSR count). The van der Waals surface area contributed by atoms with Crippen molar-refractivity contribution in [1.29, 1.82) is 0 Å². The fourth-order valence-electron chi connectivity index (χ4n) is 3.36. The van der Waals surface area contributed by atoms with Crippen LogP contribution in [0.4, 0.5) is 5.82 Å². The van der Waals surface area contributed by atoms with Gasteiger partial charge in [0.2, 0.25) is 0 Å². The van der Waals surface area contributed by atoms with Crippen LogP contribution in [0.5, 0.6) is 0 Å². The van der Waals surface area contributed by atoms with Crippen molar-refractivity contribution in [1.82, 2.24) is 19.5 Å². The number of hydrogen-bond acceptors (Lipinski definition) is 6. The summed E-state index contributed by atoms with van der Waals surface area (Å²) in [6.45, 7) is 9.21. The number of aromatic nitrogens is 4. The second kappa shape index (κ2) is 8.17. The first-order valence-electron chi connectivity index (χ1n) is 9.49. The van der Waals surface area contributed by atoms with E-state index in [1.165, 1.54) is 0 Å². The van der Waals surface area contributed by atoms with Gasteiger partial charge in [-0.15, -0.1) is 0 Å². The molecule has 7 heteroatoms. The van der Waals surface area contributed by atoms with Crippen LogP contribution >= 0.6 is 0 Å². The van der Waals surface area contributed by atoms with Gasteiger partial charge in [0.1, 0.15) is 12.4 Å².